The highest BCUT2D eigenvalue weighted by molar-refractivity contribution is 14.1. The number of aromatic nitrogens is 3. The van der Waals surface area contributed by atoms with E-state index in [1.165, 1.54) is 6.07 Å². The summed E-state index contributed by atoms with van der Waals surface area (Å²) in [4.78, 5) is 0.161. The number of halogens is 2. The van der Waals surface area contributed by atoms with Crippen LogP contribution in [0.3, 0.4) is 0 Å². The predicted molar refractivity (Wildman–Crippen MR) is 141 cm³/mol. The number of nitrogens with zero attached hydrogens (tertiary/aromatic N) is 3. The van der Waals surface area contributed by atoms with Crippen LogP contribution in [0.2, 0.25) is 0 Å². The number of ether oxygens (including phenoxy) is 1. The van der Waals surface area contributed by atoms with E-state index in [0.717, 1.165) is 13.4 Å². The molecule has 2 aromatic carbocycles. The van der Waals surface area contributed by atoms with Gasteiger partial charge in [-0.25, -0.2) is 21.6 Å². The molecule has 1 aromatic heterocycles. The largest absolute Gasteiger partial charge is 0.424 e. The van der Waals surface area contributed by atoms with Gasteiger partial charge in [0.2, 0.25) is 20.0 Å². The molecule has 178 valence electrons. The van der Waals surface area contributed by atoms with Crippen molar-refractivity contribution in [2.75, 3.05) is 11.0 Å². The maximum atomic E-state index is 12.9. The Hall–Kier alpha value is -1.50. The van der Waals surface area contributed by atoms with Crippen molar-refractivity contribution in [2.45, 2.75) is 31.3 Å². The van der Waals surface area contributed by atoms with Crippen LogP contribution < -0.4 is 14.2 Å². The van der Waals surface area contributed by atoms with Crippen LogP contribution in [0.4, 0.5) is 5.69 Å². The summed E-state index contributed by atoms with van der Waals surface area (Å²) in [7, 11) is -7.23. The van der Waals surface area contributed by atoms with E-state index in [2.05, 4.69) is 64.8 Å². The molecular formula is C19H21I2N5O5S2. The standard InChI is InChI=1S/C19H21I2N5O5S2/c1-4-26-18(12(2)24-33(29,30)15-8-9-16(20)17(21)11-15)22-23-19(26)31-14-7-5-6-13(10-14)25-32(3,27)28/h5-12,24-25H,4H2,1-3H3/t12-/m1/s1. The van der Waals surface area contributed by atoms with Crippen LogP contribution in [-0.2, 0) is 26.6 Å². The van der Waals surface area contributed by atoms with Crippen molar-refractivity contribution in [2.24, 2.45) is 0 Å². The minimum atomic E-state index is -3.79. The first-order chi connectivity index (χ1) is 15.4. The van der Waals surface area contributed by atoms with Crippen LogP contribution in [0.1, 0.15) is 25.7 Å². The van der Waals surface area contributed by atoms with E-state index in [0.29, 0.717) is 23.8 Å². The van der Waals surface area contributed by atoms with E-state index < -0.39 is 26.1 Å². The first-order valence-corrected chi connectivity index (χ1v) is 15.1. The number of hydrogen-bond donors (Lipinski definition) is 2. The molecule has 0 fully saturated rings. The molecule has 3 rings (SSSR count). The second kappa shape index (κ2) is 10.4. The summed E-state index contributed by atoms with van der Waals surface area (Å²) in [6, 6.07) is 10.8. The van der Waals surface area contributed by atoms with Gasteiger partial charge >= 0.3 is 6.01 Å². The molecule has 33 heavy (non-hydrogen) atoms. The molecule has 0 saturated carbocycles. The summed E-state index contributed by atoms with van der Waals surface area (Å²) in [5.41, 5.74) is 0.339. The lowest BCUT2D eigenvalue weighted by Gasteiger charge is -2.16. The first-order valence-electron chi connectivity index (χ1n) is 9.56. The zero-order chi connectivity index (χ0) is 24.4. The highest BCUT2D eigenvalue weighted by atomic mass is 127. The van der Waals surface area contributed by atoms with E-state index in [4.69, 9.17) is 4.74 Å². The van der Waals surface area contributed by atoms with Crippen LogP contribution >= 0.6 is 45.2 Å². The molecule has 0 amide bonds. The lowest BCUT2D eigenvalue weighted by molar-refractivity contribution is 0.408. The van der Waals surface area contributed by atoms with E-state index in [1.807, 2.05) is 6.92 Å². The van der Waals surface area contributed by atoms with Gasteiger partial charge in [0, 0.05) is 19.8 Å². The van der Waals surface area contributed by atoms with Crippen LogP contribution in [0.15, 0.2) is 47.4 Å². The van der Waals surface area contributed by atoms with Crippen molar-refractivity contribution in [1.29, 1.82) is 0 Å². The molecule has 0 saturated heterocycles. The Labute approximate surface area is 219 Å². The summed E-state index contributed by atoms with van der Waals surface area (Å²) in [6.45, 7) is 3.95. The van der Waals surface area contributed by atoms with Gasteiger partial charge in [-0.3, -0.25) is 9.29 Å². The maximum Gasteiger partial charge on any atom is 0.322 e. The fourth-order valence-corrected chi connectivity index (χ4v) is 5.78. The van der Waals surface area contributed by atoms with E-state index in [-0.39, 0.29) is 10.9 Å². The van der Waals surface area contributed by atoms with Gasteiger partial charge in [-0.05, 0) is 89.4 Å². The number of benzene rings is 2. The van der Waals surface area contributed by atoms with Crippen molar-refractivity contribution < 1.29 is 21.6 Å². The molecule has 0 spiro atoms. The molecule has 0 unspecified atom stereocenters. The molecule has 0 bridgehead atoms. The third-order valence-electron chi connectivity index (χ3n) is 4.33. The lowest BCUT2D eigenvalue weighted by atomic mass is 10.3. The number of rotatable bonds is 9. The quantitative estimate of drug-likeness (QED) is 0.323. The zero-order valence-electron chi connectivity index (χ0n) is 17.8. The van der Waals surface area contributed by atoms with Gasteiger partial charge in [0.15, 0.2) is 5.82 Å². The molecule has 2 N–H and O–H groups in total. The molecule has 0 radical (unpaired) electrons. The van der Waals surface area contributed by atoms with Gasteiger partial charge < -0.3 is 4.74 Å². The normalized spacial score (nSPS) is 13.0. The smallest absolute Gasteiger partial charge is 0.322 e. The summed E-state index contributed by atoms with van der Waals surface area (Å²) >= 11 is 4.23. The van der Waals surface area contributed by atoms with Crippen molar-refractivity contribution >= 4 is 70.9 Å². The van der Waals surface area contributed by atoms with Crippen LogP contribution in [-0.4, -0.2) is 37.9 Å². The SMILES string of the molecule is CCn1c(Oc2cccc(NS(C)(=O)=O)c2)nnc1[C@@H](C)NS(=O)(=O)c1ccc(I)c(I)c1. The molecule has 14 heteroatoms. The van der Waals surface area contributed by atoms with Crippen LogP contribution in [0, 0.1) is 7.14 Å². The Kier molecular flexibility index (Phi) is 8.24. The monoisotopic (exact) mass is 717 g/mol. The predicted octanol–water partition coefficient (Wildman–Crippen LogP) is 3.71. The molecule has 1 heterocycles. The molecule has 0 aliphatic heterocycles. The van der Waals surface area contributed by atoms with Gasteiger partial charge in [0.25, 0.3) is 0 Å². The average molecular weight is 717 g/mol. The third-order valence-corrected chi connectivity index (χ3v) is 9.34. The van der Waals surface area contributed by atoms with Crippen LogP contribution in [0.25, 0.3) is 0 Å². The highest BCUT2D eigenvalue weighted by Gasteiger charge is 2.24. The Balaban J connectivity index is 1.83. The summed E-state index contributed by atoms with van der Waals surface area (Å²) in [6.07, 6.45) is 1.06. The van der Waals surface area contributed by atoms with E-state index in [9.17, 15) is 16.8 Å². The van der Waals surface area contributed by atoms with Crippen molar-refractivity contribution in [3.63, 3.8) is 0 Å². The molecule has 0 aliphatic carbocycles. The van der Waals surface area contributed by atoms with E-state index >= 15 is 0 Å². The fourth-order valence-electron chi connectivity index (χ4n) is 2.93. The number of sulfonamides is 2. The zero-order valence-corrected chi connectivity index (χ0v) is 23.7. The lowest BCUT2D eigenvalue weighted by Crippen LogP contribution is -2.29. The van der Waals surface area contributed by atoms with Gasteiger partial charge in [-0.1, -0.05) is 11.2 Å². The molecule has 0 aliphatic rings. The van der Waals surface area contributed by atoms with Crippen molar-refractivity contribution in [3.05, 3.63) is 55.4 Å². The molecular weight excluding hydrogens is 696 g/mol. The first kappa shape index (κ1) is 26.1. The van der Waals surface area contributed by atoms with Crippen molar-refractivity contribution in [3.8, 4) is 11.8 Å². The number of nitrogens with one attached hydrogen (secondary N) is 2. The minimum Gasteiger partial charge on any atom is -0.424 e. The Morgan fingerprint density at radius 3 is 2.42 bits per heavy atom. The summed E-state index contributed by atoms with van der Waals surface area (Å²) < 4.78 is 62.9. The van der Waals surface area contributed by atoms with Gasteiger partial charge in [-0.15, -0.1) is 5.10 Å². The van der Waals surface area contributed by atoms with E-state index in [1.54, 1.807) is 47.9 Å². The highest BCUT2D eigenvalue weighted by Crippen LogP contribution is 2.26. The third kappa shape index (κ3) is 6.77. The topological polar surface area (TPSA) is 132 Å². The minimum absolute atomic E-state index is 0.152. The Morgan fingerprint density at radius 1 is 1.06 bits per heavy atom. The van der Waals surface area contributed by atoms with Crippen LogP contribution in [0.5, 0.6) is 11.8 Å². The molecule has 1 atom stereocenters. The maximum absolute atomic E-state index is 12.9. The number of anilines is 1. The Bertz CT molecular complexity index is 1380. The fraction of sp³-hybridized carbons (Fsp3) is 0.263. The van der Waals surface area contributed by atoms with Gasteiger partial charge in [0.05, 0.1) is 22.9 Å². The molecule has 3 aromatic rings. The second-order valence-corrected chi connectivity index (χ2v) is 12.8. The Morgan fingerprint density at radius 2 is 1.79 bits per heavy atom. The summed E-state index contributed by atoms with van der Waals surface area (Å²) in [5, 5.41) is 8.17. The van der Waals surface area contributed by atoms with Gasteiger partial charge in [0.1, 0.15) is 5.75 Å². The summed E-state index contributed by atoms with van der Waals surface area (Å²) in [5.74, 6) is 0.723. The average Bonchev–Trinajstić information content (AvgIpc) is 3.11. The second-order valence-electron chi connectivity index (χ2n) is 7.01. The molecule has 10 nitrogen and oxygen atoms in total. The van der Waals surface area contributed by atoms with Gasteiger partial charge in [-0.2, -0.15) is 0 Å². The van der Waals surface area contributed by atoms with Crippen molar-refractivity contribution in [1.82, 2.24) is 19.5 Å². The number of hydrogen-bond acceptors (Lipinski definition) is 7.